The van der Waals surface area contributed by atoms with E-state index in [0.29, 0.717) is 0 Å². The zero-order valence-corrected chi connectivity index (χ0v) is 12.7. The van der Waals surface area contributed by atoms with Crippen molar-refractivity contribution in [2.24, 2.45) is 5.73 Å². The fourth-order valence-electron chi connectivity index (χ4n) is 1.34. The highest BCUT2D eigenvalue weighted by atomic mass is 16.2. The van der Waals surface area contributed by atoms with Gasteiger partial charge in [0.15, 0.2) is 0 Å². The molecule has 0 aliphatic heterocycles. The number of rotatable bonds is 8. The van der Waals surface area contributed by atoms with Crippen molar-refractivity contribution in [1.29, 1.82) is 0 Å². The summed E-state index contributed by atoms with van der Waals surface area (Å²) in [5, 5.41) is 9.24. The molecule has 2 atom stereocenters. The average molecular weight is 315 g/mol. The van der Waals surface area contributed by atoms with Gasteiger partial charge >= 0.3 is 0 Å². The summed E-state index contributed by atoms with van der Waals surface area (Å²) < 4.78 is 0. The summed E-state index contributed by atoms with van der Waals surface area (Å²) >= 11 is 0. The molecule has 0 unspecified atom stereocenters. The summed E-state index contributed by atoms with van der Waals surface area (Å²) in [6.45, 7) is 3.49. The SMILES string of the molecule is CC(=O)N[C@@H](C)C(=O)N[C@@H](C)C(=O)NCC(=O)NCC(N)=O. The zero-order valence-electron chi connectivity index (χ0n) is 12.7. The second kappa shape index (κ2) is 9.32. The molecule has 0 aliphatic carbocycles. The predicted molar refractivity (Wildman–Crippen MR) is 76.1 cm³/mol. The Bertz CT molecular complexity index is 465. The van der Waals surface area contributed by atoms with Crippen LogP contribution in [0.5, 0.6) is 0 Å². The molecule has 0 saturated carbocycles. The number of amides is 5. The number of nitrogens with one attached hydrogen (secondary N) is 4. The van der Waals surface area contributed by atoms with E-state index in [4.69, 9.17) is 5.73 Å². The average Bonchev–Trinajstić information content (AvgIpc) is 2.41. The van der Waals surface area contributed by atoms with E-state index in [1.54, 1.807) is 0 Å². The molecule has 0 spiro atoms. The molecule has 0 bridgehead atoms. The van der Waals surface area contributed by atoms with Crippen LogP contribution in [-0.4, -0.2) is 54.7 Å². The Kier molecular flexibility index (Phi) is 8.19. The lowest BCUT2D eigenvalue weighted by molar-refractivity contribution is -0.131. The molecule has 0 aromatic heterocycles. The number of nitrogens with two attached hydrogens (primary N) is 1. The first-order chi connectivity index (χ1) is 10.1. The molecule has 0 rings (SSSR count). The highest BCUT2D eigenvalue weighted by molar-refractivity contribution is 5.93. The topological polar surface area (TPSA) is 159 Å². The van der Waals surface area contributed by atoms with Crippen molar-refractivity contribution in [2.45, 2.75) is 32.9 Å². The van der Waals surface area contributed by atoms with E-state index in [9.17, 15) is 24.0 Å². The third kappa shape index (κ3) is 8.51. The quantitative estimate of drug-likeness (QED) is 0.317. The largest absolute Gasteiger partial charge is 0.368 e. The van der Waals surface area contributed by atoms with Crippen LogP contribution in [0.4, 0.5) is 0 Å². The van der Waals surface area contributed by atoms with Crippen molar-refractivity contribution < 1.29 is 24.0 Å². The van der Waals surface area contributed by atoms with Crippen molar-refractivity contribution in [3.63, 3.8) is 0 Å². The second-order valence-corrected chi connectivity index (χ2v) is 4.61. The van der Waals surface area contributed by atoms with Crippen LogP contribution in [-0.2, 0) is 24.0 Å². The van der Waals surface area contributed by atoms with Crippen LogP contribution in [0.3, 0.4) is 0 Å². The van der Waals surface area contributed by atoms with Gasteiger partial charge in [0.2, 0.25) is 29.5 Å². The summed E-state index contributed by atoms with van der Waals surface area (Å²) in [6.07, 6.45) is 0. The number of hydrogen-bond acceptors (Lipinski definition) is 5. The smallest absolute Gasteiger partial charge is 0.242 e. The zero-order chi connectivity index (χ0) is 17.3. The minimum atomic E-state index is -0.896. The van der Waals surface area contributed by atoms with E-state index >= 15 is 0 Å². The van der Waals surface area contributed by atoms with Crippen LogP contribution >= 0.6 is 0 Å². The first-order valence-electron chi connectivity index (χ1n) is 6.53. The molecule has 22 heavy (non-hydrogen) atoms. The van der Waals surface area contributed by atoms with E-state index in [-0.39, 0.29) is 19.0 Å². The Hall–Kier alpha value is -2.65. The maximum absolute atomic E-state index is 11.7. The number of hydrogen-bond donors (Lipinski definition) is 5. The van der Waals surface area contributed by atoms with Gasteiger partial charge < -0.3 is 27.0 Å². The number of primary amides is 1. The van der Waals surface area contributed by atoms with E-state index in [0.717, 1.165) is 0 Å². The summed E-state index contributed by atoms with van der Waals surface area (Å²) in [5.74, 6) is -2.77. The monoisotopic (exact) mass is 315 g/mol. The minimum absolute atomic E-state index is 0.324. The lowest BCUT2D eigenvalue weighted by Crippen LogP contribution is -2.52. The summed E-state index contributed by atoms with van der Waals surface area (Å²) in [5.41, 5.74) is 4.84. The highest BCUT2D eigenvalue weighted by Gasteiger charge is 2.20. The van der Waals surface area contributed by atoms with Gasteiger partial charge in [0.25, 0.3) is 0 Å². The van der Waals surface area contributed by atoms with Crippen LogP contribution in [0.15, 0.2) is 0 Å². The van der Waals surface area contributed by atoms with Crippen molar-refractivity contribution in [3.8, 4) is 0 Å². The standard InChI is InChI=1S/C12H21N5O5/c1-6(17-12(22)7(2)16-8(3)18)11(21)15-5-10(20)14-4-9(13)19/h6-7H,4-5H2,1-3H3,(H2,13,19)(H,14,20)(H,15,21)(H,16,18)(H,17,22)/t6-,7-/m0/s1. The first-order valence-corrected chi connectivity index (χ1v) is 6.53. The third-order valence-electron chi connectivity index (χ3n) is 2.45. The Morgan fingerprint density at radius 3 is 1.91 bits per heavy atom. The van der Waals surface area contributed by atoms with Crippen molar-refractivity contribution in [3.05, 3.63) is 0 Å². The fourth-order valence-corrected chi connectivity index (χ4v) is 1.34. The van der Waals surface area contributed by atoms with Gasteiger partial charge in [0, 0.05) is 6.92 Å². The molecule has 0 heterocycles. The maximum Gasteiger partial charge on any atom is 0.242 e. The molecule has 10 nitrogen and oxygen atoms in total. The van der Waals surface area contributed by atoms with Gasteiger partial charge in [0.05, 0.1) is 13.1 Å². The Morgan fingerprint density at radius 1 is 0.864 bits per heavy atom. The molecular formula is C12H21N5O5. The van der Waals surface area contributed by atoms with E-state index in [1.165, 1.54) is 20.8 Å². The number of carbonyl (C=O) groups is 5. The maximum atomic E-state index is 11.7. The lowest BCUT2D eigenvalue weighted by atomic mass is 10.2. The molecule has 0 radical (unpaired) electrons. The minimum Gasteiger partial charge on any atom is -0.368 e. The van der Waals surface area contributed by atoms with Gasteiger partial charge in [-0.15, -0.1) is 0 Å². The molecule has 0 saturated heterocycles. The first kappa shape index (κ1) is 19.4. The highest BCUT2D eigenvalue weighted by Crippen LogP contribution is 1.87. The normalized spacial score (nSPS) is 12.5. The molecule has 0 aromatic rings. The summed E-state index contributed by atoms with van der Waals surface area (Å²) in [6, 6.07) is -1.68. The van der Waals surface area contributed by atoms with Crippen LogP contribution in [0, 0.1) is 0 Å². The van der Waals surface area contributed by atoms with Crippen molar-refractivity contribution in [2.75, 3.05) is 13.1 Å². The summed E-state index contributed by atoms with van der Waals surface area (Å²) in [7, 11) is 0. The lowest BCUT2D eigenvalue weighted by Gasteiger charge is -2.17. The van der Waals surface area contributed by atoms with Gasteiger partial charge in [0.1, 0.15) is 12.1 Å². The van der Waals surface area contributed by atoms with Crippen LogP contribution in [0.2, 0.25) is 0 Å². The van der Waals surface area contributed by atoms with E-state index < -0.39 is 35.7 Å². The van der Waals surface area contributed by atoms with Crippen LogP contribution in [0.1, 0.15) is 20.8 Å². The van der Waals surface area contributed by atoms with Crippen molar-refractivity contribution in [1.82, 2.24) is 21.3 Å². The van der Waals surface area contributed by atoms with Crippen LogP contribution < -0.4 is 27.0 Å². The molecule has 10 heteroatoms. The molecular weight excluding hydrogens is 294 g/mol. The molecule has 0 fully saturated rings. The van der Waals surface area contributed by atoms with E-state index in [2.05, 4.69) is 21.3 Å². The molecule has 0 aliphatic rings. The molecule has 5 amide bonds. The second-order valence-electron chi connectivity index (χ2n) is 4.61. The van der Waals surface area contributed by atoms with Gasteiger partial charge in [-0.25, -0.2) is 0 Å². The van der Waals surface area contributed by atoms with Gasteiger partial charge in [-0.05, 0) is 13.8 Å². The van der Waals surface area contributed by atoms with Crippen LogP contribution in [0.25, 0.3) is 0 Å². The molecule has 6 N–H and O–H groups in total. The molecule has 124 valence electrons. The Morgan fingerprint density at radius 2 is 1.41 bits per heavy atom. The van der Waals surface area contributed by atoms with Gasteiger partial charge in [-0.2, -0.15) is 0 Å². The van der Waals surface area contributed by atoms with Crippen molar-refractivity contribution >= 4 is 29.5 Å². The fraction of sp³-hybridized carbons (Fsp3) is 0.583. The third-order valence-corrected chi connectivity index (χ3v) is 2.45. The van der Waals surface area contributed by atoms with Gasteiger partial charge in [-0.3, -0.25) is 24.0 Å². The summed E-state index contributed by atoms with van der Waals surface area (Å²) in [4.78, 5) is 55.9. The predicted octanol–water partition coefficient (Wildman–Crippen LogP) is -3.27. The van der Waals surface area contributed by atoms with Gasteiger partial charge in [-0.1, -0.05) is 0 Å². The number of carbonyl (C=O) groups excluding carboxylic acids is 5. The Labute approximate surface area is 127 Å². The van der Waals surface area contributed by atoms with E-state index in [1.807, 2.05) is 0 Å². The molecule has 0 aromatic carbocycles. The Balaban J connectivity index is 4.16.